The van der Waals surface area contributed by atoms with Crippen LogP contribution in [0.4, 0.5) is 13.2 Å². The topological polar surface area (TPSA) is 89.5 Å². The lowest BCUT2D eigenvalue weighted by Gasteiger charge is -2.20. The Bertz CT molecular complexity index is 1310. The van der Waals surface area contributed by atoms with Crippen molar-refractivity contribution in [2.75, 3.05) is 13.6 Å². The summed E-state index contributed by atoms with van der Waals surface area (Å²) in [5.41, 5.74) is 7.94. The Morgan fingerprint density at radius 1 is 1.03 bits per heavy atom. The minimum Gasteiger partial charge on any atom is -0.486 e. The number of hydrogen-bond donors (Lipinski definition) is 3. The van der Waals surface area contributed by atoms with Crippen LogP contribution < -0.4 is 15.8 Å². The summed E-state index contributed by atoms with van der Waals surface area (Å²) in [7, 11) is 3.79. The van der Waals surface area contributed by atoms with E-state index >= 15 is 0 Å². The molecule has 1 unspecified atom stereocenters. The zero-order valence-electron chi connectivity index (χ0n) is 21.3. The van der Waals surface area contributed by atoms with Crippen LogP contribution in [0.5, 0.6) is 5.75 Å². The lowest BCUT2D eigenvalue weighted by Crippen LogP contribution is -2.32. The minimum atomic E-state index is -4.33. The molecule has 38 heavy (non-hydrogen) atoms. The maximum atomic E-state index is 12.6. The highest BCUT2D eigenvalue weighted by Gasteiger charge is 2.30. The summed E-state index contributed by atoms with van der Waals surface area (Å²) >= 11 is 0. The van der Waals surface area contributed by atoms with Crippen molar-refractivity contribution in [3.8, 4) is 5.75 Å². The Morgan fingerprint density at radius 2 is 1.66 bits per heavy atom. The number of halogens is 3. The number of benzene rings is 3. The van der Waals surface area contributed by atoms with Gasteiger partial charge in [0.15, 0.2) is 0 Å². The van der Waals surface area contributed by atoms with Crippen LogP contribution in [0, 0.1) is 0 Å². The first-order valence-corrected chi connectivity index (χ1v) is 12.1. The average Bonchev–Trinajstić information content (AvgIpc) is 3.22. The number of carboxylic acids is 1. The number of nitrogens with zero attached hydrogens (tertiary/aromatic N) is 1. The number of aliphatic carboxylic acids is 1. The number of hydrogen-bond acceptors (Lipinski definition) is 4. The van der Waals surface area contributed by atoms with Gasteiger partial charge in [-0.1, -0.05) is 48.5 Å². The number of rotatable bonds is 9. The van der Waals surface area contributed by atoms with Gasteiger partial charge in [-0.2, -0.15) is 13.2 Å². The SMILES string of the molecule is CNCCC(Oc1ccc(C(F)(F)F)cc1)c1ccccc1.Cn1cc(C[C@H](N)C(=O)O)c2ccccc21. The van der Waals surface area contributed by atoms with E-state index in [1.165, 1.54) is 12.1 Å². The second-order valence-electron chi connectivity index (χ2n) is 8.86. The van der Waals surface area contributed by atoms with Crippen LogP contribution in [0.1, 0.15) is 29.2 Å². The van der Waals surface area contributed by atoms with Crippen molar-refractivity contribution in [2.45, 2.75) is 31.2 Å². The molecule has 4 N–H and O–H groups in total. The third kappa shape index (κ3) is 7.84. The Kier molecular flexibility index (Phi) is 9.92. The molecule has 0 aliphatic rings. The first-order chi connectivity index (χ1) is 18.1. The van der Waals surface area contributed by atoms with E-state index in [1.807, 2.05) is 79.5 Å². The summed E-state index contributed by atoms with van der Waals surface area (Å²) in [6.07, 6.45) is -1.51. The number of ether oxygens (including phenoxy) is 1. The van der Waals surface area contributed by atoms with Gasteiger partial charge in [-0.05, 0) is 55.1 Å². The number of carbonyl (C=O) groups is 1. The van der Waals surface area contributed by atoms with E-state index in [-0.39, 0.29) is 6.10 Å². The van der Waals surface area contributed by atoms with Gasteiger partial charge in [0.2, 0.25) is 0 Å². The Hall–Kier alpha value is -3.82. The summed E-state index contributed by atoms with van der Waals surface area (Å²) in [6.45, 7) is 0.750. The van der Waals surface area contributed by atoms with Crippen molar-refractivity contribution >= 4 is 16.9 Å². The molecular formula is C29H32F3N3O3. The van der Waals surface area contributed by atoms with Crippen molar-refractivity contribution in [3.63, 3.8) is 0 Å². The highest BCUT2D eigenvalue weighted by atomic mass is 19.4. The van der Waals surface area contributed by atoms with E-state index in [0.29, 0.717) is 12.2 Å². The molecule has 0 saturated carbocycles. The van der Waals surface area contributed by atoms with Crippen LogP contribution >= 0.6 is 0 Å². The molecule has 6 nitrogen and oxygen atoms in total. The molecule has 0 aliphatic carbocycles. The quantitative estimate of drug-likeness (QED) is 0.265. The van der Waals surface area contributed by atoms with Gasteiger partial charge >= 0.3 is 12.1 Å². The zero-order valence-corrected chi connectivity index (χ0v) is 21.3. The number of nitrogens with two attached hydrogens (primary N) is 1. The van der Waals surface area contributed by atoms with Crippen LogP contribution in [0.15, 0.2) is 85.1 Å². The van der Waals surface area contributed by atoms with E-state index < -0.39 is 23.8 Å². The number of nitrogens with one attached hydrogen (secondary N) is 1. The number of carboxylic acid groups (broad SMARTS) is 1. The zero-order chi connectivity index (χ0) is 27.7. The van der Waals surface area contributed by atoms with E-state index in [4.69, 9.17) is 15.6 Å². The molecule has 9 heteroatoms. The van der Waals surface area contributed by atoms with E-state index in [0.717, 1.165) is 47.1 Å². The largest absolute Gasteiger partial charge is 0.486 e. The Labute approximate surface area is 219 Å². The molecule has 0 radical (unpaired) electrons. The minimum absolute atomic E-state index is 0.203. The van der Waals surface area contributed by atoms with E-state index in [9.17, 15) is 18.0 Å². The first-order valence-electron chi connectivity index (χ1n) is 12.1. The molecule has 0 aliphatic heterocycles. The van der Waals surface area contributed by atoms with Gasteiger partial charge in [-0.3, -0.25) is 4.79 Å². The van der Waals surface area contributed by atoms with E-state index in [2.05, 4.69) is 5.32 Å². The third-order valence-electron chi connectivity index (χ3n) is 6.02. The van der Waals surface area contributed by atoms with Crippen LogP contribution in [0.2, 0.25) is 0 Å². The van der Waals surface area contributed by atoms with Gasteiger partial charge in [0.05, 0.1) is 5.56 Å². The molecule has 1 aromatic heterocycles. The van der Waals surface area contributed by atoms with Crippen molar-refractivity contribution in [3.05, 3.63) is 102 Å². The van der Waals surface area contributed by atoms with Crippen molar-refractivity contribution in [2.24, 2.45) is 12.8 Å². The number of aromatic nitrogens is 1. The predicted molar refractivity (Wildman–Crippen MR) is 142 cm³/mol. The molecule has 0 spiro atoms. The molecular weight excluding hydrogens is 495 g/mol. The third-order valence-corrected chi connectivity index (χ3v) is 6.02. The summed E-state index contributed by atoms with van der Waals surface area (Å²) in [4.78, 5) is 10.7. The van der Waals surface area contributed by atoms with Crippen LogP contribution in [0.3, 0.4) is 0 Å². The molecule has 2 atom stereocenters. The molecule has 3 aromatic carbocycles. The monoisotopic (exact) mass is 527 g/mol. The normalized spacial score (nSPS) is 12.9. The molecule has 0 saturated heterocycles. The average molecular weight is 528 g/mol. The Balaban J connectivity index is 0.000000221. The van der Waals surface area contributed by atoms with Gasteiger partial charge in [0.25, 0.3) is 0 Å². The number of aryl methyl sites for hydroxylation is 1. The highest BCUT2D eigenvalue weighted by molar-refractivity contribution is 5.85. The maximum Gasteiger partial charge on any atom is 0.416 e. The Morgan fingerprint density at radius 3 is 2.26 bits per heavy atom. The second-order valence-corrected chi connectivity index (χ2v) is 8.86. The van der Waals surface area contributed by atoms with E-state index in [1.54, 1.807) is 0 Å². The summed E-state index contributed by atoms with van der Waals surface area (Å²) in [5, 5.41) is 12.9. The molecule has 1 heterocycles. The van der Waals surface area contributed by atoms with Gasteiger partial charge in [0, 0.05) is 37.0 Å². The molecule has 0 bridgehead atoms. The maximum absolute atomic E-state index is 12.6. The molecule has 202 valence electrons. The fraction of sp³-hybridized carbons (Fsp3) is 0.276. The standard InChI is InChI=1S/C17H18F3NO.C12H14N2O2/c1-21-12-11-16(13-5-3-2-4-6-13)22-15-9-7-14(8-10-15)17(18,19)20;1-14-7-8(6-10(13)12(15)16)9-4-2-3-5-11(9)14/h2-10,16,21H,11-12H2,1H3;2-5,7,10H,6,13H2,1H3,(H,15,16)/t;10-/m.0/s1. The van der Waals surface area contributed by atoms with Crippen LogP contribution in [0.25, 0.3) is 10.9 Å². The van der Waals surface area contributed by atoms with Crippen molar-refractivity contribution in [1.29, 1.82) is 0 Å². The molecule has 0 amide bonds. The number of para-hydroxylation sites is 1. The first kappa shape index (κ1) is 28.7. The van der Waals surface area contributed by atoms with Crippen molar-refractivity contribution in [1.82, 2.24) is 9.88 Å². The number of fused-ring (bicyclic) bond motifs is 1. The van der Waals surface area contributed by atoms with Crippen LogP contribution in [-0.4, -0.2) is 35.3 Å². The molecule has 4 rings (SSSR count). The fourth-order valence-electron chi connectivity index (χ4n) is 4.04. The number of alkyl halides is 3. The van der Waals surface area contributed by atoms with Gasteiger partial charge in [0.1, 0.15) is 17.9 Å². The van der Waals surface area contributed by atoms with Crippen LogP contribution in [-0.2, 0) is 24.4 Å². The fourth-order valence-corrected chi connectivity index (χ4v) is 4.04. The summed E-state index contributed by atoms with van der Waals surface area (Å²) in [5.74, 6) is -0.536. The molecule has 4 aromatic rings. The molecule has 0 fully saturated rings. The van der Waals surface area contributed by atoms with Gasteiger partial charge in [-0.25, -0.2) is 0 Å². The summed E-state index contributed by atoms with van der Waals surface area (Å²) in [6, 6.07) is 21.5. The second kappa shape index (κ2) is 13.1. The predicted octanol–water partition coefficient (Wildman–Crippen LogP) is 5.57. The lowest BCUT2D eigenvalue weighted by molar-refractivity contribution is -0.139. The highest BCUT2D eigenvalue weighted by Crippen LogP contribution is 2.32. The smallest absolute Gasteiger partial charge is 0.416 e. The lowest BCUT2D eigenvalue weighted by atomic mass is 10.1. The summed E-state index contributed by atoms with van der Waals surface area (Å²) < 4.78 is 45.5. The van der Waals surface area contributed by atoms with Gasteiger partial charge < -0.3 is 25.5 Å². The van der Waals surface area contributed by atoms with Gasteiger partial charge in [-0.15, -0.1) is 0 Å². The van der Waals surface area contributed by atoms with Crippen molar-refractivity contribution < 1.29 is 27.8 Å².